The Bertz CT molecular complexity index is 1030. The van der Waals surface area contributed by atoms with Crippen molar-refractivity contribution in [1.29, 1.82) is 0 Å². The Hall–Kier alpha value is -2.47. The number of nitrogens with zero attached hydrogens (tertiary/aromatic N) is 4. The van der Waals surface area contributed by atoms with Crippen molar-refractivity contribution in [2.24, 2.45) is 5.92 Å². The van der Waals surface area contributed by atoms with E-state index in [1.54, 1.807) is 17.7 Å². The summed E-state index contributed by atoms with van der Waals surface area (Å²) in [4.78, 5) is 29.1. The van der Waals surface area contributed by atoms with E-state index in [0.717, 1.165) is 67.9 Å². The van der Waals surface area contributed by atoms with Gasteiger partial charge in [0.25, 0.3) is 0 Å². The predicted octanol–water partition coefficient (Wildman–Crippen LogP) is 4.49. The van der Waals surface area contributed by atoms with Crippen molar-refractivity contribution in [3.63, 3.8) is 0 Å². The second kappa shape index (κ2) is 8.34. The lowest BCUT2D eigenvalue weighted by molar-refractivity contribution is -0.135. The number of likely N-dealkylation sites (tertiary alicyclic amines) is 1. The normalized spacial score (nSPS) is 20.2. The molecule has 0 N–H and O–H groups in total. The van der Waals surface area contributed by atoms with Gasteiger partial charge in [0.1, 0.15) is 17.0 Å². The number of thiophene rings is 1. The molecule has 2 saturated heterocycles. The topological polar surface area (TPSA) is 49.3 Å². The van der Waals surface area contributed by atoms with E-state index >= 15 is 0 Å². The highest BCUT2D eigenvalue weighted by atomic mass is 32.1. The number of anilines is 1. The van der Waals surface area contributed by atoms with Gasteiger partial charge in [-0.1, -0.05) is 37.3 Å². The van der Waals surface area contributed by atoms with E-state index in [1.807, 2.05) is 0 Å². The van der Waals surface area contributed by atoms with E-state index in [0.29, 0.717) is 11.8 Å². The van der Waals surface area contributed by atoms with Gasteiger partial charge >= 0.3 is 0 Å². The molecule has 1 aromatic carbocycles. The number of hydrogen-bond donors (Lipinski definition) is 0. The van der Waals surface area contributed by atoms with Crippen molar-refractivity contribution in [3.05, 3.63) is 53.2 Å². The summed E-state index contributed by atoms with van der Waals surface area (Å²) in [6, 6.07) is 12.9. The van der Waals surface area contributed by atoms with Gasteiger partial charge in [-0.15, -0.1) is 11.3 Å². The van der Waals surface area contributed by atoms with Crippen molar-refractivity contribution in [3.8, 4) is 0 Å². The summed E-state index contributed by atoms with van der Waals surface area (Å²) in [5.74, 6) is 2.01. The Morgan fingerprint density at radius 2 is 1.90 bits per heavy atom. The molecule has 2 aliphatic heterocycles. The van der Waals surface area contributed by atoms with Gasteiger partial charge in [-0.05, 0) is 37.3 Å². The molecule has 1 amide bonds. The number of benzene rings is 1. The van der Waals surface area contributed by atoms with Crippen LogP contribution >= 0.6 is 11.3 Å². The maximum atomic E-state index is 13.2. The van der Waals surface area contributed by atoms with Gasteiger partial charge in [0.05, 0.1) is 5.39 Å². The minimum absolute atomic E-state index is 0.141. The molecule has 6 heteroatoms. The Labute approximate surface area is 181 Å². The number of amides is 1. The van der Waals surface area contributed by atoms with Crippen LogP contribution < -0.4 is 4.90 Å². The minimum atomic E-state index is 0.141. The van der Waals surface area contributed by atoms with Gasteiger partial charge in [0.15, 0.2) is 0 Å². The number of aryl methyl sites for hydroxylation is 1. The average molecular weight is 421 g/mol. The summed E-state index contributed by atoms with van der Waals surface area (Å²) in [7, 11) is 0. The molecular weight excluding hydrogens is 392 g/mol. The molecule has 1 atom stereocenters. The van der Waals surface area contributed by atoms with Crippen LogP contribution in [0, 0.1) is 5.92 Å². The monoisotopic (exact) mass is 420 g/mol. The number of rotatable bonds is 4. The van der Waals surface area contributed by atoms with E-state index < -0.39 is 0 Å². The quantitative estimate of drug-likeness (QED) is 0.624. The van der Waals surface area contributed by atoms with Gasteiger partial charge in [-0.3, -0.25) is 4.79 Å². The van der Waals surface area contributed by atoms with Crippen molar-refractivity contribution in [2.75, 3.05) is 31.1 Å². The van der Waals surface area contributed by atoms with Gasteiger partial charge in [-0.2, -0.15) is 0 Å². The van der Waals surface area contributed by atoms with E-state index in [-0.39, 0.29) is 5.92 Å². The minimum Gasteiger partial charge on any atom is -0.356 e. The van der Waals surface area contributed by atoms with Crippen molar-refractivity contribution in [2.45, 2.75) is 38.5 Å². The van der Waals surface area contributed by atoms with Crippen LogP contribution in [0.1, 0.15) is 42.5 Å². The molecule has 1 unspecified atom stereocenters. The summed E-state index contributed by atoms with van der Waals surface area (Å²) in [5, 5.41) is 1.16. The zero-order chi connectivity index (χ0) is 20.5. The van der Waals surface area contributed by atoms with Crippen LogP contribution in [0.2, 0.25) is 0 Å². The maximum Gasteiger partial charge on any atom is 0.225 e. The van der Waals surface area contributed by atoms with E-state index in [1.165, 1.54) is 10.4 Å². The third-order valence-corrected chi connectivity index (χ3v) is 7.81. The van der Waals surface area contributed by atoms with Crippen LogP contribution in [0.15, 0.2) is 42.7 Å². The Kier molecular flexibility index (Phi) is 5.42. The molecular formula is C24H28N4OS. The van der Waals surface area contributed by atoms with Gasteiger partial charge < -0.3 is 9.80 Å². The van der Waals surface area contributed by atoms with Gasteiger partial charge in [0.2, 0.25) is 5.91 Å². The summed E-state index contributed by atoms with van der Waals surface area (Å²) < 4.78 is 0. The van der Waals surface area contributed by atoms with Crippen LogP contribution in [0.5, 0.6) is 0 Å². The lowest BCUT2D eigenvalue weighted by Crippen LogP contribution is -2.42. The molecule has 2 aliphatic rings. The van der Waals surface area contributed by atoms with Crippen LogP contribution in [-0.4, -0.2) is 47.0 Å². The predicted molar refractivity (Wildman–Crippen MR) is 122 cm³/mol. The van der Waals surface area contributed by atoms with Gasteiger partial charge in [-0.25, -0.2) is 9.97 Å². The first-order chi connectivity index (χ1) is 14.7. The highest BCUT2D eigenvalue weighted by molar-refractivity contribution is 7.18. The summed E-state index contributed by atoms with van der Waals surface area (Å²) in [5.41, 5.74) is 1.36. The highest BCUT2D eigenvalue weighted by Crippen LogP contribution is 2.34. The standard InChI is InChI=1S/C24H28N4OS/c1-2-20-14-21-22(25-16-26-23(21)30-20)27-11-8-18(9-12-27)24(29)28-13-10-19(15-28)17-6-4-3-5-7-17/h3-7,14,16,18-19H,2,8-13,15H2,1H3. The molecule has 0 radical (unpaired) electrons. The molecule has 4 heterocycles. The first-order valence-corrected chi connectivity index (χ1v) is 11.9. The lowest BCUT2D eigenvalue weighted by Gasteiger charge is -2.34. The number of hydrogen-bond acceptors (Lipinski definition) is 5. The number of aromatic nitrogens is 2. The highest BCUT2D eigenvalue weighted by Gasteiger charge is 2.33. The van der Waals surface area contributed by atoms with Crippen molar-refractivity contribution < 1.29 is 4.79 Å². The molecule has 30 heavy (non-hydrogen) atoms. The van der Waals surface area contributed by atoms with E-state index in [4.69, 9.17) is 0 Å². The number of piperidine rings is 1. The first-order valence-electron chi connectivity index (χ1n) is 11.0. The zero-order valence-electron chi connectivity index (χ0n) is 17.5. The number of carbonyl (C=O) groups is 1. The molecule has 0 spiro atoms. The van der Waals surface area contributed by atoms with Gasteiger partial charge in [0, 0.05) is 42.9 Å². The fraction of sp³-hybridized carbons (Fsp3) is 0.458. The first kappa shape index (κ1) is 19.5. The van der Waals surface area contributed by atoms with E-state index in [9.17, 15) is 4.79 Å². The van der Waals surface area contributed by atoms with Crippen LogP contribution in [0.4, 0.5) is 5.82 Å². The van der Waals surface area contributed by atoms with Crippen LogP contribution in [0.3, 0.4) is 0 Å². The third kappa shape index (κ3) is 3.69. The van der Waals surface area contributed by atoms with Crippen LogP contribution in [0.25, 0.3) is 10.2 Å². The molecule has 2 fully saturated rings. The Balaban J connectivity index is 1.22. The molecule has 5 rings (SSSR count). The fourth-order valence-corrected chi connectivity index (χ4v) is 5.80. The Morgan fingerprint density at radius 3 is 2.67 bits per heavy atom. The number of carbonyl (C=O) groups excluding carboxylic acids is 1. The molecule has 0 aliphatic carbocycles. The molecule has 0 saturated carbocycles. The summed E-state index contributed by atoms with van der Waals surface area (Å²) in [6.45, 7) is 5.70. The van der Waals surface area contributed by atoms with Crippen LogP contribution in [-0.2, 0) is 11.2 Å². The largest absolute Gasteiger partial charge is 0.356 e. The molecule has 156 valence electrons. The SMILES string of the molecule is CCc1cc2c(N3CCC(C(=O)N4CCC(c5ccccc5)C4)CC3)ncnc2s1. The van der Waals surface area contributed by atoms with E-state index in [2.05, 4.69) is 63.1 Å². The average Bonchev–Trinajstić information content (AvgIpc) is 3.46. The maximum absolute atomic E-state index is 13.2. The Morgan fingerprint density at radius 1 is 1.10 bits per heavy atom. The summed E-state index contributed by atoms with van der Waals surface area (Å²) >= 11 is 1.76. The molecule has 5 nitrogen and oxygen atoms in total. The summed E-state index contributed by atoms with van der Waals surface area (Å²) in [6.07, 6.45) is 5.59. The second-order valence-corrected chi connectivity index (χ2v) is 9.54. The molecule has 0 bridgehead atoms. The third-order valence-electron chi connectivity index (χ3n) is 6.62. The fourth-order valence-electron chi connectivity index (χ4n) is 4.87. The van der Waals surface area contributed by atoms with Crippen molar-refractivity contribution >= 4 is 33.3 Å². The zero-order valence-corrected chi connectivity index (χ0v) is 18.3. The molecule has 3 aromatic rings. The smallest absolute Gasteiger partial charge is 0.225 e. The lowest BCUT2D eigenvalue weighted by atomic mass is 9.95. The number of fused-ring (bicyclic) bond motifs is 1. The van der Waals surface area contributed by atoms with Crippen molar-refractivity contribution in [1.82, 2.24) is 14.9 Å². The second-order valence-electron chi connectivity index (χ2n) is 8.42. The molecule has 2 aromatic heterocycles.